The molecule has 0 saturated heterocycles. The number of hydrogen-bond donors (Lipinski definition) is 1. The quantitative estimate of drug-likeness (QED) is 0.772. The average molecular weight is 190 g/mol. The Kier molecular flexibility index (Phi) is 2.14. The van der Waals surface area contributed by atoms with Crippen LogP contribution in [0.4, 0.5) is 0 Å². The van der Waals surface area contributed by atoms with Gasteiger partial charge in [0, 0.05) is 5.56 Å². The van der Waals surface area contributed by atoms with E-state index in [-0.39, 0.29) is 0 Å². The molecule has 2 aromatic rings. The number of H-pyrrole nitrogens is 1. The maximum Gasteiger partial charge on any atom is 0.204 e. The van der Waals surface area contributed by atoms with Gasteiger partial charge < -0.3 is 4.74 Å². The first kappa shape index (κ1) is 8.68. The zero-order valence-electron chi connectivity index (χ0n) is 7.98. The summed E-state index contributed by atoms with van der Waals surface area (Å²) < 4.78 is 5.15. The zero-order valence-corrected chi connectivity index (χ0v) is 7.98. The highest BCUT2D eigenvalue weighted by molar-refractivity contribution is 5.57. The van der Waals surface area contributed by atoms with Crippen molar-refractivity contribution in [2.75, 3.05) is 7.11 Å². The summed E-state index contributed by atoms with van der Waals surface area (Å²) in [6.07, 6.45) is 0. The van der Waals surface area contributed by atoms with Crippen LogP contribution in [0, 0.1) is 6.92 Å². The number of nitrogens with zero attached hydrogens (tertiary/aromatic N) is 3. The molecule has 0 atom stereocenters. The smallest absolute Gasteiger partial charge is 0.204 e. The third kappa shape index (κ3) is 1.44. The Balaban J connectivity index is 2.43. The molecule has 72 valence electrons. The molecular formula is C9H10N4O. The number of aryl methyl sites for hydroxylation is 1. The number of hydrogen-bond acceptors (Lipinski definition) is 4. The van der Waals surface area contributed by atoms with E-state index in [4.69, 9.17) is 4.74 Å². The lowest BCUT2D eigenvalue weighted by molar-refractivity contribution is 0.412. The lowest BCUT2D eigenvalue weighted by Crippen LogP contribution is -1.88. The predicted molar refractivity (Wildman–Crippen MR) is 50.9 cm³/mol. The van der Waals surface area contributed by atoms with Gasteiger partial charge in [-0.25, -0.2) is 0 Å². The summed E-state index contributed by atoms with van der Waals surface area (Å²) in [5, 5.41) is 13.7. The highest BCUT2D eigenvalue weighted by atomic mass is 16.5. The zero-order chi connectivity index (χ0) is 9.97. The van der Waals surface area contributed by atoms with Crippen molar-refractivity contribution in [2.24, 2.45) is 0 Å². The molecule has 0 fully saturated rings. The molecule has 1 aromatic heterocycles. The van der Waals surface area contributed by atoms with Gasteiger partial charge in [0.15, 0.2) is 0 Å². The van der Waals surface area contributed by atoms with Crippen LogP contribution in [-0.2, 0) is 0 Å². The van der Waals surface area contributed by atoms with Crippen molar-refractivity contribution < 1.29 is 4.74 Å². The van der Waals surface area contributed by atoms with E-state index in [1.54, 1.807) is 7.11 Å². The van der Waals surface area contributed by atoms with Gasteiger partial charge in [0.2, 0.25) is 5.82 Å². The van der Waals surface area contributed by atoms with E-state index in [1.807, 2.05) is 25.1 Å². The second-order valence-electron chi connectivity index (χ2n) is 2.92. The molecule has 2 rings (SSSR count). The van der Waals surface area contributed by atoms with Crippen LogP contribution in [0.15, 0.2) is 18.2 Å². The molecule has 1 aromatic carbocycles. The van der Waals surface area contributed by atoms with E-state index < -0.39 is 0 Å². The highest BCUT2D eigenvalue weighted by Crippen LogP contribution is 2.22. The molecule has 0 aliphatic rings. The van der Waals surface area contributed by atoms with Gasteiger partial charge in [-0.05, 0) is 35.9 Å². The van der Waals surface area contributed by atoms with Crippen molar-refractivity contribution >= 4 is 0 Å². The Bertz CT molecular complexity index is 424. The Hall–Kier alpha value is -1.91. The summed E-state index contributed by atoms with van der Waals surface area (Å²) in [6, 6.07) is 5.75. The van der Waals surface area contributed by atoms with E-state index in [0.29, 0.717) is 5.82 Å². The fourth-order valence-corrected chi connectivity index (χ4v) is 1.30. The number of aromatic nitrogens is 4. The van der Waals surface area contributed by atoms with E-state index in [2.05, 4.69) is 20.6 Å². The van der Waals surface area contributed by atoms with Crippen LogP contribution in [0.5, 0.6) is 5.75 Å². The van der Waals surface area contributed by atoms with Gasteiger partial charge >= 0.3 is 0 Å². The molecule has 0 amide bonds. The molecule has 0 aliphatic heterocycles. The largest absolute Gasteiger partial charge is 0.496 e. The number of nitrogens with one attached hydrogen (secondary N) is 1. The van der Waals surface area contributed by atoms with Crippen molar-refractivity contribution in [2.45, 2.75) is 6.92 Å². The van der Waals surface area contributed by atoms with Gasteiger partial charge in [-0.2, -0.15) is 5.21 Å². The molecule has 1 N–H and O–H groups in total. The van der Waals surface area contributed by atoms with Gasteiger partial charge in [-0.1, -0.05) is 0 Å². The maximum absolute atomic E-state index is 5.15. The third-order valence-electron chi connectivity index (χ3n) is 2.00. The fourth-order valence-electron chi connectivity index (χ4n) is 1.30. The molecule has 14 heavy (non-hydrogen) atoms. The SMILES string of the molecule is COc1ccc(-c2nn[nH]n2)cc1C. The van der Waals surface area contributed by atoms with Gasteiger partial charge in [0.25, 0.3) is 0 Å². The minimum Gasteiger partial charge on any atom is -0.496 e. The average Bonchev–Trinajstić information content (AvgIpc) is 2.70. The van der Waals surface area contributed by atoms with Gasteiger partial charge in [-0.3, -0.25) is 0 Å². The molecule has 0 aliphatic carbocycles. The molecule has 1 heterocycles. The number of aromatic amines is 1. The topological polar surface area (TPSA) is 63.7 Å². The second kappa shape index (κ2) is 3.45. The Morgan fingerprint density at radius 1 is 1.36 bits per heavy atom. The van der Waals surface area contributed by atoms with Crippen LogP contribution in [0.2, 0.25) is 0 Å². The summed E-state index contributed by atoms with van der Waals surface area (Å²) in [5.41, 5.74) is 1.98. The van der Waals surface area contributed by atoms with Gasteiger partial charge in [0.1, 0.15) is 5.75 Å². The third-order valence-corrected chi connectivity index (χ3v) is 2.00. The minimum absolute atomic E-state index is 0.593. The standard InChI is InChI=1S/C9H10N4O/c1-6-5-7(3-4-8(6)14-2)9-10-12-13-11-9/h3-5H,1-2H3,(H,10,11,12,13). The monoisotopic (exact) mass is 190 g/mol. The van der Waals surface area contributed by atoms with Crippen LogP contribution in [-0.4, -0.2) is 27.7 Å². The summed E-state index contributed by atoms with van der Waals surface area (Å²) in [5.74, 6) is 1.45. The number of tetrazole rings is 1. The Labute approximate surface area is 81.1 Å². The normalized spacial score (nSPS) is 10.1. The van der Waals surface area contributed by atoms with Crippen molar-refractivity contribution in [3.8, 4) is 17.1 Å². The van der Waals surface area contributed by atoms with Crippen LogP contribution in [0.1, 0.15) is 5.56 Å². The predicted octanol–water partition coefficient (Wildman–Crippen LogP) is 1.18. The number of methoxy groups -OCH3 is 1. The van der Waals surface area contributed by atoms with Crippen molar-refractivity contribution in [1.82, 2.24) is 20.6 Å². The van der Waals surface area contributed by atoms with Crippen LogP contribution in [0.3, 0.4) is 0 Å². The summed E-state index contributed by atoms with van der Waals surface area (Å²) in [7, 11) is 1.65. The molecule has 5 nitrogen and oxygen atoms in total. The molecule has 5 heteroatoms. The minimum atomic E-state index is 0.593. The van der Waals surface area contributed by atoms with E-state index >= 15 is 0 Å². The summed E-state index contributed by atoms with van der Waals surface area (Å²) >= 11 is 0. The van der Waals surface area contributed by atoms with Crippen molar-refractivity contribution in [3.63, 3.8) is 0 Å². The van der Waals surface area contributed by atoms with Crippen molar-refractivity contribution in [1.29, 1.82) is 0 Å². The van der Waals surface area contributed by atoms with Gasteiger partial charge in [-0.15, -0.1) is 10.2 Å². The fraction of sp³-hybridized carbons (Fsp3) is 0.222. The lowest BCUT2D eigenvalue weighted by Gasteiger charge is -2.04. The van der Waals surface area contributed by atoms with E-state index in [9.17, 15) is 0 Å². The first-order chi connectivity index (χ1) is 6.81. The van der Waals surface area contributed by atoms with E-state index in [1.165, 1.54) is 0 Å². The molecule has 0 unspecified atom stereocenters. The van der Waals surface area contributed by atoms with Gasteiger partial charge in [0.05, 0.1) is 7.11 Å². The summed E-state index contributed by atoms with van der Waals surface area (Å²) in [4.78, 5) is 0. The summed E-state index contributed by atoms with van der Waals surface area (Å²) in [6.45, 7) is 1.97. The van der Waals surface area contributed by atoms with E-state index in [0.717, 1.165) is 16.9 Å². The number of benzene rings is 1. The van der Waals surface area contributed by atoms with Crippen LogP contribution < -0.4 is 4.74 Å². The second-order valence-corrected chi connectivity index (χ2v) is 2.92. The molecule has 0 spiro atoms. The lowest BCUT2D eigenvalue weighted by atomic mass is 10.1. The molecule has 0 bridgehead atoms. The molecule has 0 saturated carbocycles. The maximum atomic E-state index is 5.15. The number of rotatable bonds is 2. The van der Waals surface area contributed by atoms with Crippen LogP contribution in [0.25, 0.3) is 11.4 Å². The first-order valence-electron chi connectivity index (χ1n) is 4.19. The molecule has 0 radical (unpaired) electrons. The number of ether oxygens (including phenoxy) is 1. The molecular weight excluding hydrogens is 180 g/mol. The first-order valence-corrected chi connectivity index (χ1v) is 4.19. The Morgan fingerprint density at radius 3 is 2.79 bits per heavy atom. The van der Waals surface area contributed by atoms with Crippen LogP contribution >= 0.6 is 0 Å². The Morgan fingerprint density at radius 2 is 2.21 bits per heavy atom. The van der Waals surface area contributed by atoms with Crippen molar-refractivity contribution in [3.05, 3.63) is 23.8 Å². The highest BCUT2D eigenvalue weighted by Gasteiger charge is 2.05.